The van der Waals surface area contributed by atoms with E-state index in [-0.39, 0.29) is 35.1 Å². The zero-order valence-corrected chi connectivity index (χ0v) is 13.2. The van der Waals surface area contributed by atoms with E-state index in [4.69, 9.17) is 4.74 Å². The first kappa shape index (κ1) is 18.0. The van der Waals surface area contributed by atoms with Gasteiger partial charge in [-0.25, -0.2) is 18.2 Å². The molecule has 1 aromatic heterocycles. The van der Waals surface area contributed by atoms with Gasteiger partial charge in [0.15, 0.2) is 23.7 Å². The predicted molar refractivity (Wildman–Crippen MR) is 85.9 cm³/mol. The van der Waals surface area contributed by atoms with Crippen LogP contribution in [0.5, 0.6) is 11.6 Å². The van der Waals surface area contributed by atoms with E-state index in [9.17, 15) is 28.1 Å². The lowest BCUT2D eigenvalue weighted by Gasteiger charge is -2.08. The van der Waals surface area contributed by atoms with Crippen molar-refractivity contribution in [2.45, 2.75) is 0 Å². The second kappa shape index (κ2) is 7.20. The number of aromatic nitrogens is 2. The Morgan fingerprint density at radius 2 is 1.63 bits per heavy atom. The molecule has 0 fully saturated rings. The van der Waals surface area contributed by atoms with Crippen molar-refractivity contribution in [1.82, 2.24) is 9.97 Å². The summed E-state index contributed by atoms with van der Waals surface area (Å²) in [7, 11) is 0. The van der Waals surface area contributed by atoms with Crippen LogP contribution in [0.15, 0.2) is 42.5 Å². The molecule has 0 saturated carbocycles. The molecule has 0 aliphatic heterocycles. The summed E-state index contributed by atoms with van der Waals surface area (Å²) in [6.07, 6.45) is 0.268. The molecule has 0 spiro atoms. The lowest BCUT2D eigenvalue weighted by molar-refractivity contribution is -0.384. The Balaban J connectivity index is 2.00. The number of nitro groups is 1. The minimum absolute atomic E-state index is 0.146. The summed E-state index contributed by atoms with van der Waals surface area (Å²) in [4.78, 5) is 28.6. The number of carbonyl (C=O) groups is 1. The molecule has 0 atom stereocenters. The fraction of sp³-hybridized carbons (Fsp3) is 0. The van der Waals surface area contributed by atoms with Crippen molar-refractivity contribution in [3.05, 3.63) is 75.9 Å². The number of ether oxygens (including phenoxy) is 1. The van der Waals surface area contributed by atoms with Crippen molar-refractivity contribution in [1.29, 1.82) is 0 Å². The molecule has 0 unspecified atom stereocenters. The van der Waals surface area contributed by atoms with E-state index in [0.29, 0.717) is 12.1 Å². The lowest BCUT2D eigenvalue weighted by atomic mass is 10.1. The van der Waals surface area contributed by atoms with Gasteiger partial charge < -0.3 is 4.74 Å². The van der Waals surface area contributed by atoms with Crippen molar-refractivity contribution < 1.29 is 27.6 Å². The SMILES string of the molecule is O=Cc1nc(Oc2ccc([N+](=O)[O-])cc2)cc(-c2cc(F)c(F)cc2F)n1. The van der Waals surface area contributed by atoms with E-state index in [1.165, 1.54) is 24.3 Å². The van der Waals surface area contributed by atoms with Crippen LogP contribution in [-0.4, -0.2) is 21.2 Å². The van der Waals surface area contributed by atoms with Gasteiger partial charge in [0.05, 0.1) is 10.6 Å². The van der Waals surface area contributed by atoms with Gasteiger partial charge in [-0.05, 0) is 18.2 Å². The van der Waals surface area contributed by atoms with Crippen LogP contribution >= 0.6 is 0 Å². The van der Waals surface area contributed by atoms with E-state index in [1.807, 2.05) is 0 Å². The van der Waals surface area contributed by atoms with Crippen LogP contribution in [0.25, 0.3) is 11.3 Å². The summed E-state index contributed by atoms with van der Waals surface area (Å²) in [5, 5.41) is 10.7. The van der Waals surface area contributed by atoms with Gasteiger partial charge in [0.1, 0.15) is 11.6 Å². The monoisotopic (exact) mass is 375 g/mol. The Kier molecular flexibility index (Phi) is 4.79. The van der Waals surface area contributed by atoms with Crippen molar-refractivity contribution in [3.8, 4) is 22.9 Å². The molecule has 3 rings (SSSR count). The number of hydrogen-bond donors (Lipinski definition) is 0. The maximum absolute atomic E-state index is 14.0. The maximum Gasteiger partial charge on any atom is 0.269 e. The van der Waals surface area contributed by atoms with Gasteiger partial charge in [-0.15, -0.1) is 0 Å². The molecule has 136 valence electrons. The zero-order valence-electron chi connectivity index (χ0n) is 13.2. The normalized spacial score (nSPS) is 10.5. The molecule has 0 amide bonds. The number of aldehydes is 1. The molecule has 0 aliphatic rings. The van der Waals surface area contributed by atoms with Crippen LogP contribution in [0.3, 0.4) is 0 Å². The Bertz CT molecular complexity index is 1040. The van der Waals surface area contributed by atoms with Gasteiger partial charge in [0.25, 0.3) is 5.69 Å². The third-order valence-corrected chi connectivity index (χ3v) is 3.38. The zero-order chi connectivity index (χ0) is 19.6. The second-order valence-electron chi connectivity index (χ2n) is 5.17. The number of rotatable bonds is 5. The summed E-state index contributed by atoms with van der Waals surface area (Å²) in [6.45, 7) is 0. The third-order valence-electron chi connectivity index (χ3n) is 3.38. The molecular formula is C17H8F3N3O4. The van der Waals surface area contributed by atoms with E-state index in [2.05, 4.69) is 9.97 Å². The fourth-order valence-electron chi connectivity index (χ4n) is 2.16. The van der Waals surface area contributed by atoms with Gasteiger partial charge in [-0.2, -0.15) is 4.98 Å². The number of carbonyl (C=O) groups excluding carboxylic acids is 1. The first-order valence-electron chi connectivity index (χ1n) is 7.29. The van der Waals surface area contributed by atoms with E-state index in [0.717, 1.165) is 6.07 Å². The van der Waals surface area contributed by atoms with Crippen LogP contribution in [0, 0.1) is 27.6 Å². The van der Waals surface area contributed by atoms with Crippen LogP contribution < -0.4 is 4.74 Å². The van der Waals surface area contributed by atoms with Crippen LogP contribution in [0.1, 0.15) is 10.6 Å². The highest BCUT2D eigenvalue weighted by Gasteiger charge is 2.16. The topological polar surface area (TPSA) is 95.2 Å². The number of nitrogens with zero attached hydrogens (tertiary/aromatic N) is 3. The molecule has 0 bridgehead atoms. The first-order chi connectivity index (χ1) is 12.9. The van der Waals surface area contributed by atoms with Gasteiger partial charge in [-0.3, -0.25) is 14.9 Å². The molecular weight excluding hydrogens is 367 g/mol. The summed E-state index contributed by atoms with van der Waals surface area (Å²) in [5.74, 6) is -4.19. The fourth-order valence-corrected chi connectivity index (χ4v) is 2.16. The Hall–Kier alpha value is -3.82. The molecule has 1 heterocycles. The smallest absolute Gasteiger partial charge is 0.269 e. The molecule has 10 heteroatoms. The quantitative estimate of drug-likeness (QED) is 0.289. The molecule has 2 aromatic carbocycles. The standard InChI is InChI=1S/C17H8F3N3O4/c18-12-6-14(20)13(19)5-11(12)15-7-17(22-16(8-24)21-15)27-10-3-1-9(2-4-10)23(25)26/h1-8H. The molecule has 3 aromatic rings. The molecule has 27 heavy (non-hydrogen) atoms. The Morgan fingerprint density at radius 3 is 2.26 bits per heavy atom. The van der Waals surface area contributed by atoms with E-state index < -0.39 is 27.9 Å². The van der Waals surface area contributed by atoms with Crippen molar-refractivity contribution >= 4 is 12.0 Å². The average molecular weight is 375 g/mol. The highest BCUT2D eigenvalue weighted by atomic mass is 19.2. The third kappa shape index (κ3) is 3.89. The average Bonchev–Trinajstić information content (AvgIpc) is 2.64. The molecule has 0 aliphatic carbocycles. The number of hydrogen-bond acceptors (Lipinski definition) is 6. The van der Waals surface area contributed by atoms with Crippen LogP contribution in [-0.2, 0) is 0 Å². The molecule has 0 N–H and O–H groups in total. The van der Waals surface area contributed by atoms with E-state index in [1.54, 1.807) is 0 Å². The van der Waals surface area contributed by atoms with Crippen molar-refractivity contribution in [3.63, 3.8) is 0 Å². The predicted octanol–water partition coefficient (Wildman–Crippen LogP) is 4.07. The van der Waals surface area contributed by atoms with Crippen molar-refractivity contribution in [2.24, 2.45) is 0 Å². The number of nitro benzene ring substituents is 1. The minimum Gasteiger partial charge on any atom is -0.439 e. The van der Waals surface area contributed by atoms with Crippen LogP contribution in [0.2, 0.25) is 0 Å². The van der Waals surface area contributed by atoms with E-state index >= 15 is 0 Å². The Morgan fingerprint density at radius 1 is 0.963 bits per heavy atom. The second-order valence-corrected chi connectivity index (χ2v) is 5.17. The van der Waals surface area contributed by atoms with Gasteiger partial charge in [0, 0.05) is 29.8 Å². The minimum atomic E-state index is -1.37. The highest BCUT2D eigenvalue weighted by Crippen LogP contribution is 2.28. The van der Waals surface area contributed by atoms with Gasteiger partial charge in [0.2, 0.25) is 5.88 Å². The summed E-state index contributed by atoms with van der Waals surface area (Å²) >= 11 is 0. The summed E-state index contributed by atoms with van der Waals surface area (Å²) < 4.78 is 45.9. The number of halogens is 3. The Labute approximate surface area is 149 Å². The summed E-state index contributed by atoms with van der Waals surface area (Å²) in [6, 6.07) is 7.02. The molecule has 7 nitrogen and oxygen atoms in total. The largest absolute Gasteiger partial charge is 0.439 e. The first-order valence-corrected chi connectivity index (χ1v) is 7.29. The molecule has 0 radical (unpaired) electrons. The van der Waals surface area contributed by atoms with Gasteiger partial charge in [-0.1, -0.05) is 0 Å². The van der Waals surface area contributed by atoms with Gasteiger partial charge >= 0.3 is 0 Å². The van der Waals surface area contributed by atoms with Crippen LogP contribution in [0.4, 0.5) is 18.9 Å². The van der Waals surface area contributed by atoms with Crippen molar-refractivity contribution in [2.75, 3.05) is 0 Å². The maximum atomic E-state index is 14.0. The lowest BCUT2D eigenvalue weighted by Crippen LogP contribution is -2.00. The molecule has 0 saturated heterocycles. The highest BCUT2D eigenvalue weighted by molar-refractivity contribution is 5.72. The summed E-state index contributed by atoms with van der Waals surface area (Å²) in [5.41, 5.74) is -0.767. The number of non-ortho nitro benzene ring substituents is 1. The number of benzene rings is 2.